The molecular formula is C22H26N6OS. The second-order valence-electron chi connectivity index (χ2n) is 6.99. The highest BCUT2D eigenvalue weighted by molar-refractivity contribution is 7.99. The molecule has 8 heteroatoms. The maximum atomic E-state index is 6.25. The molecule has 156 valence electrons. The van der Waals surface area contributed by atoms with Crippen LogP contribution >= 0.6 is 11.9 Å². The van der Waals surface area contributed by atoms with Crippen LogP contribution in [-0.2, 0) is 4.74 Å². The van der Waals surface area contributed by atoms with Crippen LogP contribution in [0.4, 0.5) is 28.7 Å². The average molecular weight is 423 g/mol. The van der Waals surface area contributed by atoms with Crippen LogP contribution in [0.3, 0.4) is 0 Å². The summed E-state index contributed by atoms with van der Waals surface area (Å²) in [6.45, 7) is 3.40. The van der Waals surface area contributed by atoms with Gasteiger partial charge in [-0.25, -0.2) is 9.97 Å². The zero-order valence-corrected chi connectivity index (χ0v) is 18.0. The number of aromatic nitrogens is 2. The molecule has 7 nitrogen and oxygen atoms in total. The van der Waals surface area contributed by atoms with E-state index >= 15 is 0 Å². The van der Waals surface area contributed by atoms with Gasteiger partial charge in [0.2, 0.25) is 5.95 Å². The highest BCUT2D eigenvalue weighted by Crippen LogP contribution is 2.31. The van der Waals surface area contributed by atoms with Gasteiger partial charge in [-0.05, 0) is 42.5 Å². The van der Waals surface area contributed by atoms with Crippen molar-refractivity contribution in [3.63, 3.8) is 0 Å². The molecule has 0 amide bonds. The van der Waals surface area contributed by atoms with Crippen LogP contribution in [0.5, 0.6) is 0 Å². The first-order chi connectivity index (χ1) is 14.6. The third kappa shape index (κ3) is 4.60. The monoisotopic (exact) mass is 422 g/mol. The van der Waals surface area contributed by atoms with E-state index in [1.165, 1.54) is 5.69 Å². The molecule has 0 spiro atoms. The molecule has 0 bridgehead atoms. The van der Waals surface area contributed by atoms with Crippen LogP contribution in [0.25, 0.3) is 11.3 Å². The van der Waals surface area contributed by atoms with Crippen molar-refractivity contribution in [1.29, 1.82) is 0 Å². The van der Waals surface area contributed by atoms with Crippen LogP contribution in [0.1, 0.15) is 0 Å². The van der Waals surface area contributed by atoms with Crippen molar-refractivity contribution < 1.29 is 4.74 Å². The smallest absolute Gasteiger partial charge is 0.227 e. The van der Waals surface area contributed by atoms with Gasteiger partial charge in [0.15, 0.2) is 0 Å². The summed E-state index contributed by atoms with van der Waals surface area (Å²) in [5.74, 6) is 0.551. The predicted molar refractivity (Wildman–Crippen MR) is 127 cm³/mol. The van der Waals surface area contributed by atoms with Crippen LogP contribution < -0.4 is 20.3 Å². The third-order valence-corrected chi connectivity index (χ3v) is 5.84. The first-order valence-electron chi connectivity index (χ1n) is 9.84. The van der Waals surface area contributed by atoms with Crippen molar-refractivity contribution in [3.05, 3.63) is 54.7 Å². The van der Waals surface area contributed by atoms with Crippen LogP contribution in [0.2, 0.25) is 0 Å². The number of nitrogens with one attached hydrogen (secondary N) is 1. The molecule has 1 saturated heterocycles. The maximum Gasteiger partial charge on any atom is 0.227 e. The van der Waals surface area contributed by atoms with E-state index in [1.807, 2.05) is 54.0 Å². The molecule has 1 fully saturated rings. The number of nitrogen functional groups attached to an aromatic ring is 1. The number of nitrogens with zero attached hydrogens (tertiary/aromatic N) is 4. The number of ether oxygens (including phenoxy) is 1. The van der Waals surface area contributed by atoms with E-state index in [0.717, 1.165) is 54.6 Å². The Balaban J connectivity index is 1.49. The largest absolute Gasteiger partial charge is 0.397 e. The van der Waals surface area contributed by atoms with Crippen LogP contribution in [-0.4, -0.2) is 49.6 Å². The summed E-state index contributed by atoms with van der Waals surface area (Å²) in [6.07, 6.45) is 3.77. The summed E-state index contributed by atoms with van der Waals surface area (Å²) in [5, 5.41) is 3.29. The molecule has 3 N–H and O–H groups in total. The number of anilines is 5. The fourth-order valence-corrected chi connectivity index (χ4v) is 3.75. The zero-order chi connectivity index (χ0) is 20.9. The van der Waals surface area contributed by atoms with Gasteiger partial charge >= 0.3 is 0 Å². The lowest BCUT2D eigenvalue weighted by atomic mass is 10.1. The minimum Gasteiger partial charge on any atom is -0.397 e. The molecule has 4 rings (SSSR count). The van der Waals surface area contributed by atoms with Crippen molar-refractivity contribution in [1.82, 2.24) is 9.97 Å². The molecule has 3 aromatic rings. The van der Waals surface area contributed by atoms with Gasteiger partial charge in [-0.1, -0.05) is 18.0 Å². The number of morpholine rings is 1. The number of rotatable bonds is 6. The summed E-state index contributed by atoms with van der Waals surface area (Å²) in [5.41, 5.74) is 11.9. The van der Waals surface area contributed by atoms with Crippen LogP contribution in [0, 0.1) is 0 Å². The minimum atomic E-state index is 0.551. The molecule has 0 atom stereocenters. The van der Waals surface area contributed by atoms with E-state index in [2.05, 4.69) is 32.3 Å². The van der Waals surface area contributed by atoms with E-state index < -0.39 is 0 Å². The molecule has 0 saturated carbocycles. The van der Waals surface area contributed by atoms with Crippen molar-refractivity contribution in [3.8, 4) is 11.3 Å². The summed E-state index contributed by atoms with van der Waals surface area (Å²) in [7, 11) is 1.99. The van der Waals surface area contributed by atoms with E-state index in [4.69, 9.17) is 10.5 Å². The molecule has 1 aliphatic rings. The predicted octanol–water partition coefficient (Wildman–Crippen LogP) is 4.02. The standard InChI is InChI=1S/C22H26N6OS/c1-27(30-2)21-8-3-16(15-19(21)23)20-9-10-24-22(26-20)25-17-4-6-18(7-5-17)28-11-13-29-14-12-28/h3-10,15H,11-14,23H2,1-2H3,(H,24,25,26). The first-order valence-corrected chi connectivity index (χ1v) is 11.0. The molecule has 0 aliphatic carbocycles. The second-order valence-corrected chi connectivity index (χ2v) is 7.90. The third-order valence-electron chi connectivity index (χ3n) is 5.09. The number of nitrogens with two attached hydrogens (primary N) is 1. The van der Waals surface area contributed by atoms with Gasteiger partial charge in [-0.15, -0.1) is 0 Å². The van der Waals surface area contributed by atoms with Crippen molar-refractivity contribution in [2.75, 3.05) is 59.9 Å². The second kappa shape index (κ2) is 9.23. The molecular weight excluding hydrogens is 396 g/mol. The fourth-order valence-electron chi connectivity index (χ4n) is 3.38. The molecule has 0 radical (unpaired) electrons. The highest BCUT2D eigenvalue weighted by atomic mass is 32.2. The van der Waals surface area contributed by atoms with Crippen LogP contribution in [0.15, 0.2) is 54.7 Å². The Morgan fingerprint density at radius 1 is 1.10 bits per heavy atom. The molecule has 0 unspecified atom stereocenters. The number of benzene rings is 2. The Hall–Kier alpha value is -2.97. The van der Waals surface area contributed by atoms with Gasteiger partial charge < -0.3 is 25.0 Å². The van der Waals surface area contributed by atoms with Gasteiger partial charge in [0.25, 0.3) is 0 Å². The summed E-state index contributed by atoms with van der Waals surface area (Å²) in [4.78, 5) is 11.4. The lowest BCUT2D eigenvalue weighted by Crippen LogP contribution is -2.36. The van der Waals surface area contributed by atoms with Gasteiger partial charge in [-0.3, -0.25) is 0 Å². The van der Waals surface area contributed by atoms with Gasteiger partial charge in [0.1, 0.15) is 0 Å². The van der Waals surface area contributed by atoms with Gasteiger partial charge in [-0.2, -0.15) is 0 Å². The number of hydrogen-bond acceptors (Lipinski definition) is 8. The highest BCUT2D eigenvalue weighted by Gasteiger charge is 2.11. The molecule has 2 heterocycles. The fraction of sp³-hybridized carbons (Fsp3) is 0.273. The van der Waals surface area contributed by atoms with Crippen molar-refractivity contribution in [2.45, 2.75) is 0 Å². The van der Waals surface area contributed by atoms with Crippen molar-refractivity contribution in [2.24, 2.45) is 0 Å². The minimum absolute atomic E-state index is 0.551. The molecule has 2 aromatic carbocycles. The normalized spacial score (nSPS) is 13.9. The maximum absolute atomic E-state index is 6.25. The van der Waals surface area contributed by atoms with E-state index in [0.29, 0.717) is 5.95 Å². The Kier molecular flexibility index (Phi) is 6.25. The molecule has 30 heavy (non-hydrogen) atoms. The number of hydrogen-bond donors (Lipinski definition) is 2. The van der Waals surface area contributed by atoms with E-state index in [9.17, 15) is 0 Å². The Morgan fingerprint density at radius 3 is 2.57 bits per heavy atom. The Labute approximate surface area is 181 Å². The van der Waals surface area contributed by atoms with Gasteiger partial charge in [0.05, 0.1) is 30.3 Å². The zero-order valence-electron chi connectivity index (χ0n) is 17.2. The quantitative estimate of drug-likeness (QED) is 0.455. The summed E-state index contributed by atoms with van der Waals surface area (Å²) >= 11 is 1.62. The Morgan fingerprint density at radius 2 is 1.87 bits per heavy atom. The van der Waals surface area contributed by atoms with E-state index in [-0.39, 0.29) is 0 Å². The lowest BCUT2D eigenvalue weighted by molar-refractivity contribution is 0.122. The summed E-state index contributed by atoms with van der Waals surface area (Å²) in [6, 6.07) is 16.2. The Bertz CT molecular complexity index is 991. The topological polar surface area (TPSA) is 79.5 Å². The van der Waals surface area contributed by atoms with Crippen molar-refractivity contribution >= 4 is 40.6 Å². The lowest BCUT2D eigenvalue weighted by Gasteiger charge is -2.28. The SMILES string of the molecule is CSN(C)c1ccc(-c2ccnc(Nc3ccc(N4CCOCC4)cc3)n2)cc1N. The van der Waals surface area contributed by atoms with Gasteiger partial charge in [0, 0.05) is 49.5 Å². The molecule has 1 aliphatic heterocycles. The first kappa shape index (κ1) is 20.3. The van der Waals surface area contributed by atoms with E-state index in [1.54, 1.807) is 18.1 Å². The summed E-state index contributed by atoms with van der Waals surface area (Å²) < 4.78 is 7.46. The molecule has 1 aromatic heterocycles. The average Bonchev–Trinajstić information content (AvgIpc) is 2.80.